The Morgan fingerprint density at radius 3 is 2.78 bits per heavy atom. The number of thioether (sulfide) groups is 1. The van der Waals surface area contributed by atoms with Gasteiger partial charge in [-0.25, -0.2) is 0 Å². The highest BCUT2D eigenvalue weighted by atomic mass is 32.2. The zero-order valence-corrected chi connectivity index (χ0v) is 12.4. The Morgan fingerprint density at radius 2 is 2.06 bits per heavy atom. The smallest absolute Gasteiger partial charge is 0.223 e. The summed E-state index contributed by atoms with van der Waals surface area (Å²) in [5.41, 5.74) is 5.90. The van der Waals surface area contributed by atoms with Gasteiger partial charge in [0.25, 0.3) is 0 Å². The maximum absolute atomic E-state index is 11.9. The van der Waals surface area contributed by atoms with E-state index in [4.69, 9.17) is 5.73 Å². The third kappa shape index (κ3) is 6.64. The predicted molar refractivity (Wildman–Crippen MR) is 79.8 cm³/mol. The molecule has 0 bridgehead atoms. The fourth-order valence-electron chi connectivity index (χ4n) is 2.55. The van der Waals surface area contributed by atoms with Crippen LogP contribution in [0.3, 0.4) is 0 Å². The Kier molecular flexibility index (Phi) is 8.51. The first-order valence-electron chi connectivity index (χ1n) is 7.26. The maximum Gasteiger partial charge on any atom is 0.223 e. The van der Waals surface area contributed by atoms with Gasteiger partial charge in [0.2, 0.25) is 5.91 Å². The van der Waals surface area contributed by atoms with Gasteiger partial charge in [0.05, 0.1) is 0 Å². The van der Waals surface area contributed by atoms with Gasteiger partial charge in [-0.05, 0) is 44.1 Å². The molecule has 106 valence electrons. The topological polar surface area (TPSA) is 55.1 Å². The monoisotopic (exact) mass is 272 g/mol. The number of hydrogen-bond donors (Lipinski definition) is 2. The summed E-state index contributed by atoms with van der Waals surface area (Å²) in [6.45, 7) is 0.837. The molecule has 1 saturated carbocycles. The molecule has 1 aliphatic carbocycles. The van der Waals surface area contributed by atoms with Crippen LogP contribution in [0.2, 0.25) is 0 Å². The quantitative estimate of drug-likeness (QED) is 0.668. The van der Waals surface area contributed by atoms with Crippen molar-refractivity contribution in [2.75, 3.05) is 18.6 Å². The van der Waals surface area contributed by atoms with Gasteiger partial charge in [0.1, 0.15) is 0 Å². The van der Waals surface area contributed by atoms with Gasteiger partial charge in [-0.2, -0.15) is 11.8 Å². The van der Waals surface area contributed by atoms with E-state index in [0.29, 0.717) is 0 Å². The SMILES string of the molecule is CSCCCCCCNC(=O)C1CCCC(N)C1. The lowest BCUT2D eigenvalue weighted by Gasteiger charge is -2.25. The van der Waals surface area contributed by atoms with Crippen LogP contribution in [0.1, 0.15) is 51.4 Å². The van der Waals surface area contributed by atoms with E-state index in [-0.39, 0.29) is 17.9 Å². The zero-order chi connectivity index (χ0) is 13.2. The number of hydrogen-bond acceptors (Lipinski definition) is 3. The fraction of sp³-hybridized carbons (Fsp3) is 0.929. The molecule has 0 spiro atoms. The maximum atomic E-state index is 11.9. The van der Waals surface area contributed by atoms with Crippen LogP contribution in [-0.2, 0) is 4.79 Å². The van der Waals surface area contributed by atoms with E-state index in [1.54, 1.807) is 0 Å². The highest BCUT2D eigenvalue weighted by Crippen LogP contribution is 2.23. The average molecular weight is 272 g/mol. The predicted octanol–water partition coefficient (Wildman–Crippen LogP) is 2.54. The van der Waals surface area contributed by atoms with E-state index in [1.807, 2.05) is 11.8 Å². The average Bonchev–Trinajstić information content (AvgIpc) is 2.37. The van der Waals surface area contributed by atoms with Crippen molar-refractivity contribution in [2.45, 2.75) is 57.4 Å². The standard InChI is InChI=1S/C14H28N2OS/c1-18-10-5-3-2-4-9-16-14(17)12-7-6-8-13(15)11-12/h12-13H,2-11,15H2,1H3,(H,16,17). The number of carbonyl (C=O) groups is 1. The molecule has 2 atom stereocenters. The van der Waals surface area contributed by atoms with Crippen LogP contribution in [0.15, 0.2) is 0 Å². The number of nitrogens with one attached hydrogen (secondary N) is 1. The number of amides is 1. The van der Waals surface area contributed by atoms with Crippen LogP contribution in [-0.4, -0.2) is 30.5 Å². The number of carbonyl (C=O) groups excluding carboxylic acids is 1. The third-order valence-corrected chi connectivity index (χ3v) is 4.36. The van der Waals surface area contributed by atoms with Crippen molar-refractivity contribution in [1.82, 2.24) is 5.32 Å². The first-order valence-corrected chi connectivity index (χ1v) is 8.65. The molecule has 1 rings (SSSR count). The number of unbranched alkanes of at least 4 members (excludes halogenated alkanes) is 3. The summed E-state index contributed by atoms with van der Waals surface area (Å²) in [4.78, 5) is 11.9. The van der Waals surface area contributed by atoms with E-state index >= 15 is 0 Å². The van der Waals surface area contributed by atoms with Crippen LogP contribution in [0.5, 0.6) is 0 Å². The Hall–Kier alpha value is -0.220. The summed E-state index contributed by atoms with van der Waals surface area (Å²) >= 11 is 1.91. The highest BCUT2D eigenvalue weighted by molar-refractivity contribution is 7.98. The molecule has 0 aromatic rings. The highest BCUT2D eigenvalue weighted by Gasteiger charge is 2.24. The first-order chi connectivity index (χ1) is 8.74. The molecule has 0 heterocycles. The van der Waals surface area contributed by atoms with Crippen molar-refractivity contribution in [2.24, 2.45) is 11.7 Å². The Bertz CT molecular complexity index is 236. The molecule has 4 heteroatoms. The number of nitrogens with two attached hydrogens (primary N) is 1. The molecule has 1 amide bonds. The molecule has 0 radical (unpaired) electrons. The lowest BCUT2D eigenvalue weighted by atomic mass is 9.85. The molecular formula is C14H28N2OS. The van der Waals surface area contributed by atoms with E-state index in [9.17, 15) is 4.79 Å². The number of rotatable bonds is 8. The van der Waals surface area contributed by atoms with Gasteiger partial charge in [-0.3, -0.25) is 4.79 Å². The van der Waals surface area contributed by atoms with Crippen molar-refractivity contribution in [3.05, 3.63) is 0 Å². The van der Waals surface area contributed by atoms with E-state index < -0.39 is 0 Å². The van der Waals surface area contributed by atoms with Crippen molar-refractivity contribution < 1.29 is 4.79 Å². The second kappa shape index (κ2) is 9.68. The minimum atomic E-state index is 0.172. The van der Waals surface area contributed by atoms with Crippen molar-refractivity contribution >= 4 is 17.7 Å². The van der Waals surface area contributed by atoms with Gasteiger partial charge in [-0.15, -0.1) is 0 Å². The van der Waals surface area contributed by atoms with Crippen LogP contribution in [0.25, 0.3) is 0 Å². The second-order valence-electron chi connectivity index (χ2n) is 5.32. The summed E-state index contributed by atoms with van der Waals surface area (Å²) in [5, 5.41) is 3.06. The van der Waals surface area contributed by atoms with Crippen molar-refractivity contribution in [3.63, 3.8) is 0 Å². The Labute approximate surface area is 116 Å². The summed E-state index contributed by atoms with van der Waals surface area (Å²) in [6.07, 6.45) is 11.1. The zero-order valence-electron chi connectivity index (χ0n) is 11.6. The minimum absolute atomic E-state index is 0.172. The summed E-state index contributed by atoms with van der Waals surface area (Å²) in [6, 6.07) is 0.237. The lowest BCUT2D eigenvalue weighted by molar-refractivity contribution is -0.126. The molecule has 1 aliphatic rings. The summed E-state index contributed by atoms with van der Waals surface area (Å²) in [7, 11) is 0. The van der Waals surface area contributed by atoms with Gasteiger partial charge in [0, 0.05) is 18.5 Å². The van der Waals surface area contributed by atoms with Gasteiger partial charge in [0.15, 0.2) is 0 Å². The minimum Gasteiger partial charge on any atom is -0.356 e. The molecule has 0 aromatic carbocycles. The fourth-order valence-corrected chi connectivity index (χ4v) is 3.04. The van der Waals surface area contributed by atoms with Gasteiger partial charge < -0.3 is 11.1 Å². The molecular weight excluding hydrogens is 244 g/mol. The van der Waals surface area contributed by atoms with Gasteiger partial charge >= 0.3 is 0 Å². The molecule has 3 N–H and O–H groups in total. The molecule has 1 fully saturated rings. The van der Waals surface area contributed by atoms with Crippen molar-refractivity contribution in [1.29, 1.82) is 0 Å². The lowest BCUT2D eigenvalue weighted by Crippen LogP contribution is -2.38. The molecule has 18 heavy (non-hydrogen) atoms. The van der Waals surface area contributed by atoms with Crippen LogP contribution >= 0.6 is 11.8 Å². The van der Waals surface area contributed by atoms with Gasteiger partial charge in [-0.1, -0.05) is 19.3 Å². The second-order valence-corrected chi connectivity index (χ2v) is 6.31. The van der Waals surface area contributed by atoms with E-state index in [2.05, 4.69) is 11.6 Å². The Balaban J connectivity index is 1.99. The normalized spacial score (nSPS) is 23.9. The molecule has 2 unspecified atom stereocenters. The largest absolute Gasteiger partial charge is 0.356 e. The first kappa shape index (κ1) is 15.8. The molecule has 0 aliphatic heterocycles. The summed E-state index contributed by atoms with van der Waals surface area (Å²) < 4.78 is 0. The molecule has 0 aromatic heterocycles. The van der Waals surface area contributed by atoms with E-state index in [1.165, 1.54) is 25.0 Å². The molecule has 0 saturated heterocycles. The summed E-state index contributed by atoms with van der Waals surface area (Å²) in [5.74, 6) is 1.66. The molecule has 3 nitrogen and oxygen atoms in total. The Morgan fingerprint density at radius 1 is 1.28 bits per heavy atom. The van der Waals surface area contributed by atoms with Crippen molar-refractivity contribution in [3.8, 4) is 0 Å². The third-order valence-electron chi connectivity index (χ3n) is 3.66. The van der Waals surface area contributed by atoms with Crippen LogP contribution in [0.4, 0.5) is 0 Å². The van der Waals surface area contributed by atoms with E-state index in [0.717, 1.165) is 38.6 Å². The van der Waals surface area contributed by atoms with Crippen LogP contribution in [0, 0.1) is 5.92 Å². The van der Waals surface area contributed by atoms with Crippen LogP contribution < -0.4 is 11.1 Å².